The zero-order valence-corrected chi connectivity index (χ0v) is 11.4. The molecule has 0 saturated carbocycles. The molecule has 0 bridgehead atoms. The largest absolute Gasteiger partial charge is 0.393 e. The number of nitrogens with two attached hydrogens (primary N) is 1. The van der Waals surface area contributed by atoms with E-state index in [0.717, 1.165) is 39.1 Å². The molecule has 0 spiro atoms. The maximum absolute atomic E-state index is 10.9. The Labute approximate surface area is 114 Å². The fraction of sp³-hybridized carbons (Fsp3) is 0.538. The van der Waals surface area contributed by atoms with E-state index in [0.29, 0.717) is 0 Å². The molecule has 0 aromatic carbocycles. The van der Waals surface area contributed by atoms with Crippen LogP contribution >= 0.6 is 0 Å². The second-order valence-corrected chi connectivity index (χ2v) is 4.44. The molecule has 0 unspecified atom stereocenters. The van der Waals surface area contributed by atoms with Gasteiger partial charge in [0.05, 0.1) is 4.92 Å². The molecule has 6 heteroatoms. The molecule has 1 fully saturated rings. The molecular formula is C13H22N4O2. The number of hydrogen-bond donors (Lipinski definition) is 1. The molecule has 1 saturated heterocycles. The Bertz CT molecular complexity index is 390. The molecule has 0 amide bonds. The van der Waals surface area contributed by atoms with Crippen molar-refractivity contribution in [3.8, 4) is 0 Å². The van der Waals surface area contributed by atoms with Gasteiger partial charge in [0.15, 0.2) is 0 Å². The standard InChI is InChI=1S/C13H22N4O2/c1-3-12(14)13(17(18)19)6-9-16-8-5-7-15(4-2)10-11-16/h3,6,9H,1,4-5,7-8,10-11,14H2,2H3/b9-6+,13-12-. The molecule has 1 rings (SSSR count). The van der Waals surface area contributed by atoms with Crippen molar-refractivity contribution in [1.29, 1.82) is 0 Å². The molecule has 2 N–H and O–H groups in total. The SMILES string of the molecule is C=C/C(N)=C(\C=C\N1CCCN(CC)CC1)[N+](=O)[O-]. The molecule has 0 atom stereocenters. The summed E-state index contributed by atoms with van der Waals surface area (Å²) in [6, 6.07) is 0. The number of rotatable bonds is 5. The molecule has 1 aliphatic rings. The predicted octanol–water partition coefficient (Wildman–Crippen LogP) is 1.16. The summed E-state index contributed by atoms with van der Waals surface area (Å²) in [5.41, 5.74) is 5.53. The van der Waals surface area contributed by atoms with Crippen LogP contribution in [0.4, 0.5) is 0 Å². The zero-order chi connectivity index (χ0) is 14.3. The van der Waals surface area contributed by atoms with E-state index < -0.39 is 4.92 Å². The van der Waals surface area contributed by atoms with Gasteiger partial charge in [-0.15, -0.1) is 0 Å². The number of nitrogens with zero attached hydrogens (tertiary/aromatic N) is 3. The lowest BCUT2D eigenvalue weighted by molar-refractivity contribution is -0.420. The Balaban J connectivity index is 2.69. The van der Waals surface area contributed by atoms with Crippen LogP contribution in [-0.4, -0.2) is 47.4 Å². The van der Waals surface area contributed by atoms with Crippen molar-refractivity contribution >= 4 is 0 Å². The van der Waals surface area contributed by atoms with E-state index in [9.17, 15) is 10.1 Å². The van der Waals surface area contributed by atoms with Crippen molar-refractivity contribution < 1.29 is 4.92 Å². The molecule has 0 radical (unpaired) electrons. The van der Waals surface area contributed by atoms with Crippen LogP contribution in [0.2, 0.25) is 0 Å². The van der Waals surface area contributed by atoms with Crippen LogP contribution in [-0.2, 0) is 0 Å². The van der Waals surface area contributed by atoms with Crippen molar-refractivity contribution in [2.45, 2.75) is 13.3 Å². The summed E-state index contributed by atoms with van der Waals surface area (Å²) < 4.78 is 0. The Hall–Kier alpha value is -1.82. The topological polar surface area (TPSA) is 75.6 Å². The number of allylic oxidation sites excluding steroid dienone is 2. The highest BCUT2D eigenvalue weighted by Crippen LogP contribution is 2.07. The third-order valence-corrected chi connectivity index (χ3v) is 3.23. The van der Waals surface area contributed by atoms with E-state index in [2.05, 4.69) is 23.3 Å². The fourth-order valence-corrected chi connectivity index (χ4v) is 2.00. The van der Waals surface area contributed by atoms with E-state index in [-0.39, 0.29) is 11.4 Å². The van der Waals surface area contributed by atoms with E-state index >= 15 is 0 Å². The quantitative estimate of drug-likeness (QED) is 0.459. The third kappa shape index (κ3) is 4.75. The van der Waals surface area contributed by atoms with Crippen LogP contribution in [0.3, 0.4) is 0 Å². The van der Waals surface area contributed by atoms with Gasteiger partial charge in [0, 0.05) is 31.9 Å². The summed E-state index contributed by atoms with van der Waals surface area (Å²) in [6.45, 7) is 10.5. The van der Waals surface area contributed by atoms with E-state index in [1.807, 2.05) is 0 Å². The van der Waals surface area contributed by atoms with E-state index in [1.165, 1.54) is 12.2 Å². The van der Waals surface area contributed by atoms with Gasteiger partial charge >= 0.3 is 0 Å². The fourth-order valence-electron chi connectivity index (χ4n) is 2.00. The Morgan fingerprint density at radius 3 is 2.74 bits per heavy atom. The first-order valence-electron chi connectivity index (χ1n) is 6.49. The number of nitro groups is 1. The second kappa shape index (κ2) is 7.58. The summed E-state index contributed by atoms with van der Waals surface area (Å²) in [5, 5.41) is 10.9. The lowest BCUT2D eigenvalue weighted by atomic mass is 10.3. The van der Waals surface area contributed by atoms with Gasteiger partial charge in [0.2, 0.25) is 0 Å². The minimum absolute atomic E-state index is 0.0891. The normalized spacial score (nSPS) is 19.1. The molecule has 19 heavy (non-hydrogen) atoms. The smallest absolute Gasteiger partial charge is 0.293 e. The van der Waals surface area contributed by atoms with Gasteiger partial charge in [-0.05, 0) is 25.6 Å². The number of hydrogen-bond acceptors (Lipinski definition) is 5. The average molecular weight is 266 g/mol. The van der Waals surface area contributed by atoms with E-state index in [4.69, 9.17) is 5.73 Å². The van der Waals surface area contributed by atoms with Crippen LogP contribution < -0.4 is 5.73 Å². The number of likely N-dealkylation sites (N-methyl/N-ethyl adjacent to an activating group) is 1. The highest BCUT2D eigenvalue weighted by Gasteiger charge is 2.13. The first-order chi connectivity index (χ1) is 9.08. The summed E-state index contributed by atoms with van der Waals surface area (Å²) in [6.07, 6.45) is 5.57. The predicted molar refractivity (Wildman–Crippen MR) is 75.8 cm³/mol. The van der Waals surface area contributed by atoms with Crippen LogP contribution in [0.1, 0.15) is 13.3 Å². The summed E-state index contributed by atoms with van der Waals surface area (Å²) >= 11 is 0. The van der Waals surface area contributed by atoms with Crippen molar-refractivity contribution in [3.63, 3.8) is 0 Å². The van der Waals surface area contributed by atoms with Crippen molar-refractivity contribution in [3.05, 3.63) is 46.4 Å². The van der Waals surface area contributed by atoms with Gasteiger partial charge in [0.1, 0.15) is 5.70 Å². The molecule has 1 aliphatic heterocycles. The lowest BCUT2D eigenvalue weighted by Crippen LogP contribution is -2.28. The first kappa shape index (κ1) is 15.2. The molecule has 0 aromatic heterocycles. The molecule has 6 nitrogen and oxygen atoms in total. The Morgan fingerprint density at radius 2 is 2.16 bits per heavy atom. The minimum atomic E-state index is -0.482. The molecular weight excluding hydrogens is 244 g/mol. The molecule has 0 aromatic rings. The van der Waals surface area contributed by atoms with Gasteiger partial charge in [-0.2, -0.15) is 0 Å². The van der Waals surface area contributed by atoms with Crippen LogP contribution in [0.5, 0.6) is 0 Å². The Morgan fingerprint density at radius 1 is 1.42 bits per heavy atom. The summed E-state index contributed by atoms with van der Waals surface area (Å²) in [5.74, 6) is 0. The van der Waals surface area contributed by atoms with Crippen molar-refractivity contribution in [1.82, 2.24) is 9.80 Å². The van der Waals surface area contributed by atoms with Crippen LogP contribution in [0.15, 0.2) is 36.3 Å². The highest BCUT2D eigenvalue weighted by molar-refractivity contribution is 5.24. The summed E-state index contributed by atoms with van der Waals surface area (Å²) in [4.78, 5) is 14.9. The highest BCUT2D eigenvalue weighted by atomic mass is 16.6. The maximum Gasteiger partial charge on any atom is 0.293 e. The van der Waals surface area contributed by atoms with Gasteiger partial charge in [0.25, 0.3) is 5.70 Å². The average Bonchev–Trinajstić information content (AvgIpc) is 2.63. The van der Waals surface area contributed by atoms with Gasteiger partial charge in [-0.3, -0.25) is 10.1 Å². The Kier molecular flexibility index (Phi) is 6.08. The van der Waals surface area contributed by atoms with Crippen molar-refractivity contribution in [2.75, 3.05) is 32.7 Å². The zero-order valence-electron chi connectivity index (χ0n) is 11.4. The maximum atomic E-state index is 10.9. The second-order valence-electron chi connectivity index (χ2n) is 4.44. The lowest BCUT2D eigenvalue weighted by Gasteiger charge is -2.18. The monoisotopic (exact) mass is 266 g/mol. The molecule has 0 aliphatic carbocycles. The van der Waals surface area contributed by atoms with Gasteiger partial charge in [-0.25, -0.2) is 0 Å². The van der Waals surface area contributed by atoms with Gasteiger partial charge < -0.3 is 15.5 Å². The van der Waals surface area contributed by atoms with Crippen LogP contribution in [0.25, 0.3) is 0 Å². The molecule has 106 valence electrons. The first-order valence-corrected chi connectivity index (χ1v) is 6.49. The minimum Gasteiger partial charge on any atom is -0.393 e. The third-order valence-electron chi connectivity index (χ3n) is 3.23. The van der Waals surface area contributed by atoms with Gasteiger partial charge in [-0.1, -0.05) is 13.5 Å². The van der Waals surface area contributed by atoms with Crippen LogP contribution in [0, 0.1) is 10.1 Å². The van der Waals surface area contributed by atoms with E-state index in [1.54, 1.807) is 6.20 Å². The van der Waals surface area contributed by atoms with Crippen molar-refractivity contribution in [2.24, 2.45) is 5.73 Å². The molecule has 1 heterocycles. The summed E-state index contributed by atoms with van der Waals surface area (Å²) in [7, 11) is 0.